The standard InChI is InChI=1S/C14H25N3S/c1-5-8-15-9-7-13-11(3)16-14(10-18-6-2)17-12(13)4/h15H,5-10H2,1-4H3. The lowest BCUT2D eigenvalue weighted by Crippen LogP contribution is -2.19. The molecule has 0 fully saturated rings. The lowest BCUT2D eigenvalue weighted by atomic mass is 10.1. The Kier molecular flexibility index (Phi) is 7.28. The van der Waals surface area contributed by atoms with Gasteiger partial charge in [-0.3, -0.25) is 0 Å². The molecule has 0 bridgehead atoms. The number of aryl methyl sites for hydroxylation is 2. The molecule has 3 nitrogen and oxygen atoms in total. The third kappa shape index (κ3) is 4.94. The number of nitrogens with one attached hydrogen (secondary N) is 1. The molecule has 0 spiro atoms. The van der Waals surface area contributed by atoms with E-state index in [1.807, 2.05) is 11.8 Å². The minimum absolute atomic E-state index is 0.923. The second-order valence-electron chi connectivity index (χ2n) is 4.43. The Balaban J connectivity index is 2.62. The smallest absolute Gasteiger partial charge is 0.138 e. The van der Waals surface area contributed by atoms with Gasteiger partial charge >= 0.3 is 0 Å². The third-order valence-corrected chi connectivity index (χ3v) is 3.75. The van der Waals surface area contributed by atoms with Crippen LogP contribution in [0.1, 0.15) is 43.0 Å². The van der Waals surface area contributed by atoms with E-state index in [-0.39, 0.29) is 0 Å². The molecule has 0 aliphatic rings. The van der Waals surface area contributed by atoms with Gasteiger partial charge in [0.25, 0.3) is 0 Å². The molecular weight excluding hydrogens is 242 g/mol. The van der Waals surface area contributed by atoms with E-state index >= 15 is 0 Å². The Morgan fingerprint density at radius 1 is 1.06 bits per heavy atom. The fourth-order valence-corrected chi connectivity index (χ4v) is 2.46. The van der Waals surface area contributed by atoms with Crippen molar-refractivity contribution in [2.45, 2.75) is 46.3 Å². The summed E-state index contributed by atoms with van der Waals surface area (Å²) in [7, 11) is 0. The molecule has 0 radical (unpaired) electrons. The zero-order chi connectivity index (χ0) is 13.4. The molecule has 18 heavy (non-hydrogen) atoms. The number of hydrogen-bond donors (Lipinski definition) is 1. The van der Waals surface area contributed by atoms with Crippen LogP contribution in [-0.2, 0) is 12.2 Å². The highest BCUT2D eigenvalue weighted by Crippen LogP contribution is 2.14. The summed E-state index contributed by atoms with van der Waals surface area (Å²) in [5.74, 6) is 3.01. The van der Waals surface area contributed by atoms with Crippen LogP contribution in [0.2, 0.25) is 0 Å². The first kappa shape index (κ1) is 15.4. The highest BCUT2D eigenvalue weighted by atomic mass is 32.2. The van der Waals surface area contributed by atoms with E-state index in [0.717, 1.165) is 48.2 Å². The van der Waals surface area contributed by atoms with Gasteiger partial charge in [0.15, 0.2) is 0 Å². The zero-order valence-electron chi connectivity index (χ0n) is 12.0. The summed E-state index contributed by atoms with van der Waals surface area (Å²) in [6.45, 7) is 10.7. The Labute approximate surface area is 115 Å². The van der Waals surface area contributed by atoms with Crippen LogP contribution in [0.15, 0.2) is 0 Å². The van der Waals surface area contributed by atoms with Crippen molar-refractivity contribution in [2.24, 2.45) is 0 Å². The van der Waals surface area contributed by atoms with Crippen molar-refractivity contribution in [3.05, 3.63) is 22.8 Å². The van der Waals surface area contributed by atoms with Gasteiger partial charge in [0.05, 0.1) is 5.75 Å². The van der Waals surface area contributed by atoms with E-state index in [4.69, 9.17) is 0 Å². The summed E-state index contributed by atoms with van der Waals surface area (Å²) in [5.41, 5.74) is 3.60. The molecule has 1 N–H and O–H groups in total. The summed E-state index contributed by atoms with van der Waals surface area (Å²) in [6.07, 6.45) is 2.21. The van der Waals surface area contributed by atoms with Gasteiger partial charge in [-0.1, -0.05) is 13.8 Å². The van der Waals surface area contributed by atoms with Crippen LogP contribution in [0.25, 0.3) is 0 Å². The van der Waals surface area contributed by atoms with Gasteiger partial charge in [0, 0.05) is 11.4 Å². The maximum Gasteiger partial charge on any atom is 0.138 e. The quantitative estimate of drug-likeness (QED) is 0.735. The van der Waals surface area contributed by atoms with E-state index in [1.54, 1.807) is 0 Å². The largest absolute Gasteiger partial charge is 0.316 e. The second-order valence-corrected chi connectivity index (χ2v) is 5.70. The van der Waals surface area contributed by atoms with Crippen LogP contribution >= 0.6 is 11.8 Å². The second kappa shape index (κ2) is 8.48. The minimum Gasteiger partial charge on any atom is -0.316 e. The first-order valence-electron chi connectivity index (χ1n) is 6.80. The topological polar surface area (TPSA) is 37.8 Å². The van der Waals surface area contributed by atoms with Crippen LogP contribution in [0.3, 0.4) is 0 Å². The predicted molar refractivity (Wildman–Crippen MR) is 80.2 cm³/mol. The van der Waals surface area contributed by atoms with Crippen molar-refractivity contribution in [2.75, 3.05) is 18.8 Å². The van der Waals surface area contributed by atoms with Crippen molar-refractivity contribution in [1.29, 1.82) is 0 Å². The average Bonchev–Trinajstić information content (AvgIpc) is 2.34. The van der Waals surface area contributed by atoms with Gasteiger partial charge in [0.2, 0.25) is 0 Å². The van der Waals surface area contributed by atoms with Crippen molar-refractivity contribution in [3.8, 4) is 0 Å². The molecule has 0 aliphatic carbocycles. The molecule has 0 aliphatic heterocycles. The van der Waals surface area contributed by atoms with Gasteiger partial charge in [-0.25, -0.2) is 9.97 Å². The number of hydrogen-bond acceptors (Lipinski definition) is 4. The summed E-state index contributed by atoms with van der Waals surface area (Å²) >= 11 is 1.87. The summed E-state index contributed by atoms with van der Waals surface area (Å²) < 4.78 is 0. The van der Waals surface area contributed by atoms with Crippen LogP contribution in [0.4, 0.5) is 0 Å². The minimum atomic E-state index is 0.923. The molecule has 1 rings (SSSR count). The molecule has 0 aromatic carbocycles. The van der Waals surface area contributed by atoms with Crippen molar-refractivity contribution < 1.29 is 0 Å². The Morgan fingerprint density at radius 2 is 1.72 bits per heavy atom. The molecular formula is C14H25N3S. The zero-order valence-corrected chi connectivity index (χ0v) is 12.9. The van der Waals surface area contributed by atoms with Gasteiger partial charge in [0.1, 0.15) is 5.82 Å². The molecule has 4 heteroatoms. The predicted octanol–water partition coefficient (Wildman–Crippen LogP) is 2.89. The first-order valence-corrected chi connectivity index (χ1v) is 7.95. The van der Waals surface area contributed by atoms with E-state index < -0.39 is 0 Å². The average molecular weight is 267 g/mol. The van der Waals surface area contributed by atoms with Crippen molar-refractivity contribution in [1.82, 2.24) is 15.3 Å². The molecule has 0 atom stereocenters. The van der Waals surface area contributed by atoms with Gasteiger partial charge < -0.3 is 5.32 Å². The van der Waals surface area contributed by atoms with Gasteiger partial charge in [-0.15, -0.1) is 0 Å². The Hall–Kier alpha value is -0.610. The number of nitrogens with zero attached hydrogens (tertiary/aromatic N) is 2. The SMILES string of the molecule is CCCNCCc1c(C)nc(CSCC)nc1C. The molecule has 1 aromatic rings. The van der Waals surface area contributed by atoms with E-state index in [2.05, 4.69) is 43.0 Å². The van der Waals surface area contributed by atoms with Crippen LogP contribution in [0, 0.1) is 13.8 Å². The fraction of sp³-hybridized carbons (Fsp3) is 0.714. The monoisotopic (exact) mass is 267 g/mol. The highest BCUT2D eigenvalue weighted by molar-refractivity contribution is 7.98. The molecule has 1 aromatic heterocycles. The van der Waals surface area contributed by atoms with Crippen LogP contribution < -0.4 is 5.32 Å². The van der Waals surface area contributed by atoms with E-state index in [9.17, 15) is 0 Å². The number of aromatic nitrogens is 2. The first-order chi connectivity index (χ1) is 8.69. The maximum atomic E-state index is 4.61. The normalized spacial score (nSPS) is 10.9. The number of thioether (sulfide) groups is 1. The summed E-state index contributed by atoms with van der Waals surface area (Å²) in [4.78, 5) is 9.22. The molecule has 0 saturated carbocycles. The lowest BCUT2D eigenvalue weighted by Gasteiger charge is -2.11. The van der Waals surface area contributed by atoms with Crippen molar-refractivity contribution in [3.63, 3.8) is 0 Å². The van der Waals surface area contributed by atoms with Gasteiger partial charge in [-0.2, -0.15) is 11.8 Å². The third-order valence-electron chi connectivity index (χ3n) is 2.88. The molecule has 0 saturated heterocycles. The molecule has 102 valence electrons. The maximum absolute atomic E-state index is 4.61. The van der Waals surface area contributed by atoms with Crippen LogP contribution in [-0.4, -0.2) is 28.8 Å². The van der Waals surface area contributed by atoms with E-state index in [0.29, 0.717) is 0 Å². The number of rotatable bonds is 8. The van der Waals surface area contributed by atoms with Crippen molar-refractivity contribution >= 4 is 11.8 Å². The lowest BCUT2D eigenvalue weighted by molar-refractivity contribution is 0.665. The van der Waals surface area contributed by atoms with Crippen LogP contribution in [0.5, 0.6) is 0 Å². The molecule has 1 heterocycles. The molecule has 0 unspecified atom stereocenters. The summed E-state index contributed by atoms with van der Waals surface area (Å²) in [6, 6.07) is 0. The van der Waals surface area contributed by atoms with E-state index in [1.165, 1.54) is 12.0 Å². The van der Waals surface area contributed by atoms with Gasteiger partial charge in [-0.05, 0) is 51.1 Å². The Morgan fingerprint density at radius 3 is 2.28 bits per heavy atom. The Bertz CT molecular complexity index is 343. The highest BCUT2D eigenvalue weighted by Gasteiger charge is 2.08. The summed E-state index contributed by atoms with van der Waals surface area (Å²) in [5, 5.41) is 3.43. The fourth-order valence-electron chi connectivity index (χ4n) is 1.94. The molecule has 0 amide bonds.